The van der Waals surface area contributed by atoms with Gasteiger partial charge in [0.15, 0.2) is 6.61 Å². The van der Waals surface area contributed by atoms with Gasteiger partial charge in [-0.3, -0.25) is 10.1 Å². The van der Waals surface area contributed by atoms with Crippen molar-refractivity contribution in [2.75, 3.05) is 17.2 Å². The van der Waals surface area contributed by atoms with Crippen molar-refractivity contribution in [3.63, 3.8) is 0 Å². The van der Waals surface area contributed by atoms with Gasteiger partial charge in [-0.2, -0.15) is 5.26 Å². The molecule has 0 radical (unpaired) electrons. The highest BCUT2D eigenvalue weighted by atomic mass is 16.5. The molecule has 0 aliphatic heterocycles. The number of anilines is 2. The second-order valence-corrected chi connectivity index (χ2v) is 6.20. The Balaban J connectivity index is 1.60. The Morgan fingerprint density at radius 3 is 2.69 bits per heavy atom. The molecular formula is C21H19N3O5. The molecule has 8 nitrogen and oxygen atoms in total. The summed E-state index contributed by atoms with van der Waals surface area (Å²) in [4.78, 5) is 24.5. The van der Waals surface area contributed by atoms with Crippen molar-refractivity contribution in [2.24, 2.45) is 0 Å². The molecule has 0 atom stereocenters. The standard InChI is InChI=1S/C21H19N3O5/c1-13-14(2)29-20(17(13)10-22)24-19(25)12-28-21(26)16-7-3-4-8-18(16)23-11-15-6-5-9-27-15/h3-9,23H,11-12H2,1-2H3,(H,24,25). The Labute approximate surface area is 167 Å². The number of ether oxygens (including phenoxy) is 1. The summed E-state index contributed by atoms with van der Waals surface area (Å²) in [5.41, 5.74) is 1.73. The van der Waals surface area contributed by atoms with Crippen LogP contribution in [-0.4, -0.2) is 18.5 Å². The van der Waals surface area contributed by atoms with Crippen molar-refractivity contribution in [3.8, 4) is 6.07 Å². The van der Waals surface area contributed by atoms with E-state index in [-0.39, 0.29) is 17.0 Å². The SMILES string of the molecule is Cc1oc(NC(=O)COC(=O)c2ccccc2NCc2ccco2)c(C#N)c1C. The van der Waals surface area contributed by atoms with Crippen LogP contribution in [0.2, 0.25) is 0 Å². The minimum absolute atomic E-state index is 0.0454. The van der Waals surface area contributed by atoms with Crippen LogP contribution in [0.4, 0.5) is 11.6 Å². The van der Waals surface area contributed by atoms with Crippen molar-refractivity contribution < 1.29 is 23.2 Å². The summed E-state index contributed by atoms with van der Waals surface area (Å²) in [6.45, 7) is 3.29. The van der Waals surface area contributed by atoms with Gasteiger partial charge in [-0.15, -0.1) is 0 Å². The highest BCUT2D eigenvalue weighted by Crippen LogP contribution is 2.25. The monoisotopic (exact) mass is 393 g/mol. The van der Waals surface area contributed by atoms with Gasteiger partial charge in [0.25, 0.3) is 5.91 Å². The van der Waals surface area contributed by atoms with Gasteiger partial charge >= 0.3 is 5.97 Å². The van der Waals surface area contributed by atoms with E-state index >= 15 is 0 Å². The van der Waals surface area contributed by atoms with E-state index in [0.717, 1.165) is 0 Å². The molecule has 3 rings (SSSR count). The lowest BCUT2D eigenvalue weighted by Crippen LogP contribution is -2.21. The maximum atomic E-state index is 12.4. The summed E-state index contributed by atoms with van der Waals surface area (Å²) < 4.78 is 15.7. The Kier molecular flexibility index (Phi) is 6.00. The summed E-state index contributed by atoms with van der Waals surface area (Å²) in [7, 11) is 0. The Hall–Kier alpha value is -3.99. The van der Waals surface area contributed by atoms with E-state index in [4.69, 9.17) is 13.6 Å². The summed E-state index contributed by atoms with van der Waals surface area (Å²) in [5, 5.41) is 14.7. The topological polar surface area (TPSA) is 118 Å². The molecule has 0 spiro atoms. The lowest BCUT2D eigenvalue weighted by molar-refractivity contribution is -0.119. The van der Waals surface area contributed by atoms with E-state index in [1.54, 1.807) is 50.4 Å². The summed E-state index contributed by atoms with van der Waals surface area (Å²) in [6, 6.07) is 12.4. The number of esters is 1. The first-order valence-corrected chi connectivity index (χ1v) is 8.82. The third-order valence-corrected chi connectivity index (χ3v) is 4.26. The first-order chi connectivity index (χ1) is 14.0. The van der Waals surface area contributed by atoms with Gasteiger partial charge in [0.1, 0.15) is 23.2 Å². The molecule has 1 amide bonds. The molecule has 29 heavy (non-hydrogen) atoms. The third-order valence-electron chi connectivity index (χ3n) is 4.26. The van der Waals surface area contributed by atoms with Gasteiger partial charge < -0.3 is 18.9 Å². The van der Waals surface area contributed by atoms with Crippen LogP contribution in [0.1, 0.15) is 33.0 Å². The molecule has 0 aliphatic carbocycles. The van der Waals surface area contributed by atoms with E-state index in [9.17, 15) is 14.9 Å². The Morgan fingerprint density at radius 1 is 1.17 bits per heavy atom. The second-order valence-electron chi connectivity index (χ2n) is 6.20. The second kappa shape index (κ2) is 8.80. The molecule has 2 aromatic heterocycles. The number of rotatable bonds is 7. The number of furan rings is 2. The van der Waals surface area contributed by atoms with E-state index in [1.165, 1.54) is 0 Å². The number of nitrogens with zero attached hydrogens (tertiary/aromatic N) is 1. The number of carbonyl (C=O) groups excluding carboxylic acids is 2. The lowest BCUT2D eigenvalue weighted by Gasteiger charge is -2.11. The molecule has 0 fully saturated rings. The van der Waals surface area contributed by atoms with E-state index in [1.807, 2.05) is 12.1 Å². The summed E-state index contributed by atoms with van der Waals surface area (Å²) in [6.07, 6.45) is 1.57. The van der Waals surface area contributed by atoms with Crippen molar-refractivity contribution >= 4 is 23.4 Å². The van der Waals surface area contributed by atoms with E-state index in [0.29, 0.717) is 29.3 Å². The van der Waals surface area contributed by atoms with E-state index < -0.39 is 18.5 Å². The third kappa shape index (κ3) is 4.65. The van der Waals surface area contributed by atoms with Crippen LogP contribution in [0.25, 0.3) is 0 Å². The average Bonchev–Trinajstić information content (AvgIpc) is 3.33. The van der Waals surface area contributed by atoms with Crippen LogP contribution in [0.3, 0.4) is 0 Å². The van der Waals surface area contributed by atoms with E-state index in [2.05, 4.69) is 10.6 Å². The fourth-order valence-electron chi connectivity index (χ4n) is 2.63. The van der Waals surface area contributed by atoms with Crippen molar-refractivity contribution in [1.29, 1.82) is 5.26 Å². The molecule has 2 N–H and O–H groups in total. The fourth-order valence-corrected chi connectivity index (χ4v) is 2.63. The highest BCUT2D eigenvalue weighted by Gasteiger charge is 2.18. The number of aryl methyl sites for hydroxylation is 1. The molecule has 1 aromatic carbocycles. The van der Waals surface area contributed by atoms with Gasteiger partial charge in [0.2, 0.25) is 5.88 Å². The first-order valence-electron chi connectivity index (χ1n) is 8.82. The van der Waals surface area contributed by atoms with Crippen molar-refractivity contribution in [2.45, 2.75) is 20.4 Å². The molecule has 2 heterocycles. The molecule has 8 heteroatoms. The molecule has 0 saturated heterocycles. The van der Waals surface area contributed by atoms with Gasteiger partial charge in [0, 0.05) is 11.3 Å². The number of carbonyl (C=O) groups is 2. The highest BCUT2D eigenvalue weighted by molar-refractivity contribution is 5.98. The van der Waals surface area contributed by atoms with Gasteiger partial charge in [-0.05, 0) is 38.1 Å². The maximum Gasteiger partial charge on any atom is 0.340 e. The van der Waals surface area contributed by atoms with Gasteiger partial charge in [-0.25, -0.2) is 4.79 Å². The quantitative estimate of drug-likeness (QED) is 0.587. The molecular weight excluding hydrogens is 374 g/mol. The minimum Gasteiger partial charge on any atom is -0.467 e. The normalized spacial score (nSPS) is 10.2. The van der Waals surface area contributed by atoms with Gasteiger partial charge in [-0.1, -0.05) is 12.1 Å². The number of hydrogen-bond donors (Lipinski definition) is 2. The van der Waals surface area contributed by atoms with Crippen LogP contribution >= 0.6 is 0 Å². The Bertz CT molecular complexity index is 1060. The fraction of sp³-hybridized carbons (Fsp3) is 0.190. The summed E-state index contributed by atoms with van der Waals surface area (Å²) in [5.74, 6) is 0.0268. The van der Waals surface area contributed by atoms with Crippen molar-refractivity contribution in [3.05, 3.63) is 70.9 Å². The number of nitriles is 1. The molecule has 0 bridgehead atoms. The largest absolute Gasteiger partial charge is 0.467 e. The minimum atomic E-state index is -0.657. The maximum absolute atomic E-state index is 12.4. The molecule has 0 saturated carbocycles. The number of amides is 1. The smallest absolute Gasteiger partial charge is 0.340 e. The molecule has 3 aromatic rings. The number of benzene rings is 1. The zero-order chi connectivity index (χ0) is 20.8. The average molecular weight is 393 g/mol. The molecule has 148 valence electrons. The number of nitrogens with one attached hydrogen (secondary N) is 2. The Morgan fingerprint density at radius 2 is 1.97 bits per heavy atom. The summed E-state index contributed by atoms with van der Waals surface area (Å²) >= 11 is 0. The van der Waals surface area contributed by atoms with Crippen LogP contribution in [-0.2, 0) is 16.1 Å². The van der Waals surface area contributed by atoms with Gasteiger partial charge in [0.05, 0.1) is 18.4 Å². The number of para-hydroxylation sites is 1. The van der Waals surface area contributed by atoms with Crippen LogP contribution in [0.5, 0.6) is 0 Å². The molecule has 0 unspecified atom stereocenters. The van der Waals surface area contributed by atoms with Crippen molar-refractivity contribution in [1.82, 2.24) is 0 Å². The van der Waals surface area contributed by atoms with Crippen LogP contribution in [0, 0.1) is 25.2 Å². The predicted molar refractivity (Wildman–Crippen MR) is 104 cm³/mol. The lowest BCUT2D eigenvalue weighted by atomic mass is 10.2. The zero-order valence-corrected chi connectivity index (χ0v) is 15.9. The number of hydrogen-bond acceptors (Lipinski definition) is 7. The molecule has 0 aliphatic rings. The predicted octanol–water partition coefficient (Wildman–Crippen LogP) is 3.77. The van der Waals surface area contributed by atoms with Crippen LogP contribution < -0.4 is 10.6 Å². The van der Waals surface area contributed by atoms with Crippen LogP contribution in [0.15, 0.2) is 51.5 Å². The first kappa shape index (κ1) is 19.8. The zero-order valence-electron chi connectivity index (χ0n) is 15.9.